The molecule has 2 aromatic rings. The highest BCUT2D eigenvalue weighted by Gasteiger charge is 2.08. The Bertz CT molecular complexity index is 799. The van der Waals surface area contributed by atoms with Crippen molar-refractivity contribution in [2.75, 3.05) is 16.0 Å². The molecule has 0 atom stereocenters. The Labute approximate surface area is 131 Å². The van der Waals surface area contributed by atoms with Crippen molar-refractivity contribution in [3.05, 3.63) is 53.8 Å². The van der Waals surface area contributed by atoms with E-state index in [1.54, 1.807) is 30.3 Å². The van der Waals surface area contributed by atoms with Crippen LogP contribution in [-0.2, 0) is 4.79 Å². The zero-order chi connectivity index (χ0) is 16.8. The van der Waals surface area contributed by atoms with E-state index in [1.807, 2.05) is 0 Å². The van der Waals surface area contributed by atoms with Gasteiger partial charge in [0.05, 0.1) is 11.3 Å². The van der Waals surface area contributed by atoms with Crippen LogP contribution in [0.1, 0.15) is 12.5 Å². The fourth-order valence-corrected chi connectivity index (χ4v) is 1.88. The number of nitriles is 1. The molecule has 0 saturated carbocycles. The molecule has 0 heterocycles. The maximum atomic E-state index is 13.1. The molecule has 0 saturated heterocycles. The average Bonchev–Trinajstić information content (AvgIpc) is 2.48. The zero-order valence-electron chi connectivity index (χ0n) is 12.2. The number of rotatable bonds is 3. The fourth-order valence-electron chi connectivity index (χ4n) is 1.88. The normalized spacial score (nSPS) is 9.61. The minimum Gasteiger partial charge on any atom is -0.326 e. The van der Waals surface area contributed by atoms with E-state index in [4.69, 9.17) is 5.26 Å². The lowest BCUT2D eigenvalue weighted by molar-refractivity contribution is -0.114. The lowest BCUT2D eigenvalue weighted by Crippen LogP contribution is -2.20. The van der Waals surface area contributed by atoms with Crippen LogP contribution in [0.2, 0.25) is 0 Å². The van der Waals surface area contributed by atoms with Gasteiger partial charge in [0.15, 0.2) is 0 Å². The predicted molar refractivity (Wildman–Crippen MR) is 84.5 cm³/mol. The summed E-state index contributed by atoms with van der Waals surface area (Å²) in [5.74, 6) is -0.785. The van der Waals surface area contributed by atoms with Crippen molar-refractivity contribution in [3.63, 3.8) is 0 Å². The molecule has 0 unspecified atom stereocenters. The first-order valence-electron chi connectivity index (χ1n) is 6.63. The van der Waals surface area contributed by atoms with Crippen LogP contribution in [0.15, 0.2) is 42.5 Å². The van der Waals surface area contributed by atoms with Crippen LogP contribution in [0.5, 0.6) is 0 Å². The van der Waals surface area contributed by atoms with E-state index in [0.29, 0.717) is 11.4 Å². The number of halogens is 1. The third-order valence-electron chi connectivity index (χ3n) is 2.79. The van der Waals surface area contributed by atoms with Crippen LogP contribution in [-0.4, -0.2) is 11.9 Å². The third-order valence-corrected chi connectivity index (χ3v) is 2.79. The number of nitrogens with one attached hydrogen (secondary N) is 3. The van der Waals surface area contributed by atoms with E-state index in [0.717, 1.165) is 12.1 Å². The minimum absolute atomic E-state index is 0.0205. The molecular weight excluding hydrogens is 299 g/mol. The average molecular weight is 312 g/mol. The number of carbonyl (C=O) groups is 2. The van der Waals surface area contributed by atoms with Gasteiger partial charge in [-0.1, -0.05) is 6.07 Å². The summed E-state index contributed by atoms with van der Waals surface area (Å²) in [6, 6.07) is 11.3. The highest BCUT2D eigenvalue weighted by Crippen LogP contribution is 2.18. The first kappa shape index (κ1) is 16.0. The highest BCUT2D eigenvalue weighted by molar-refractivity contribution is 6.01. The van der Waals surface area contributed by atoms with Crippen LogP contribution in [0.3, 0.4) is 0 Å². The van der Waals surface area contributed by atoms with Gasteiger partial charge in [0.25, 0.3) is 0 Å². The maximum absolute atomic E-state index is 13.1. The Balaban J connectivity index is 2.08. The van der Waals surface area contributed by atoms with Crippen LogP contribution >= 0.6 is 0 Å². The van der Waals surface area contributed by atoms with Crippen LogP contribution in [0.25, 0.3) is 0 Å². The molecule has 116 valence electrons. The summed E-state index contributed by atoms with van der Waals surface area (Å²) in [5, 5.41) is 16.6. The predicted octanol–water partition coefficient (Wildman–Crippen LogP) is 3.30. The number of benzene rings is 2. The van der Waals surface area contributed by atoms with Crippen molar-refractivity contribution >= 4 is 29.0 Å². The van der Waals surface area contributed by atoms with Gasteiger partial charge in [-0.15, -0.1) is 0 Å². The lowest BCUT2D eigenvalue weighted by atomic mass is 10.2. The Kier molecular flexibility index (Phi) is 4.89. The molecular formula is C16H13FN4O2. The van der Waals surface area contributed by atoms with Gasteiger partial charge in [-0.25, -0.2) is 9.18 Å². The van der Waals surface area contributed by atoms with Crippen molar-refractivity contribution in [2.24, 2.45) is 0 Å². The van der Waals surface area contributed by atoms with E-state index in [9.17, 15) is 14.0 Å². The van der Waals surface area contributed by atoms with Crippen LogP contribution in [0.4, 0.5) is 26.2 Å². The largest absolute Gasteiger partial charge is 0.326 e. The molecule has 23 heavy (non-hydrogen) atoms. The molecule has 0 bridgehead atoms. The summed E-state index contributed by atoms with van der Waals surface area (Å²) < 4.78 is 13.1. The smallest absolute Gasteiger partial charge is 0.323 e. The quantitative estimate of drug-likeness (QED) is 0.811. The molecule has 0 spiro atoms. The number of anilines is 3. The molecule has 0 fully saturated rings. The standard InChI is InChI=1S/C16H13FN4O2/c1-10(22)19-13-3-2-4-14(8-13)20-16(23)21-15-6-5-12(17)7-11(15)9-18/h2-8H,1H3,(H,19,22)(H2,20,21,23). The molecule has 6 nitrogen and oxygen atoms in total. The molecule has 2 aromatic carbocycles. The van der Waals surface area contributed by atoms with Crippen molar-refractivity contribution in [1.29, 1.82) is 5.26 Å². The van der Waals surface area contributed by atoms with Gasteiger partial charge in [-0.3, -0.25) is 4.79 Å². The Hall–Kier alpha value is -3.40. The fraction of sp³-hybridized carbons (Fsp3) is 0.0625. The van der Waals surface area contributed by atoms with Gasteiger partial charge >= 0.3 is 6.03 Å². The topological polar surface area (TPSA) is 94.0 Å². The first-order chi connectivity index (χ1) is 11.0. The van der Waals surface area contributed by atoms with Gasteiger partial charge in [-0.2, -0.15) is 5.26 Å². The maximum Gasteiger partial charge on any atom is 0.323 e. The molecule has 0 aliphatic heterocycles. The Morgan fingerprint density at radius 2 is 1.74 bits per heavy atom. The minimum atomic E-state index is -0.590. The number of nitrogens with zero attached hydrogens (tertiary/aromatic N) is 1. The summed E-state index contributed by atoms with van der Waals surface area (Å²) in [7, 11) is 0. The molecule has 2 rings (SSSR count). The number of urea groups is 1. The summed E-state index contributed by atoms with van der Waals surface area (Å²) in [5.41, 5.74) is 1.21. The van der Waals surface area contributed by atoms with Gasteiger partial charge in [0, 0.05) is 18.3 Å². The number of carbonyl (C=O) groups excluding carboxylic acids is 2. The Morgan fingerprint density at radius 3 is 2.39 bits per heavy atom. The summed E-state index contributed by atoms with van der Waals surface area (Å²) in [6.07, 6.45) is 0. The van der Waals surface area contributed by atoms with E-state index < -0.39 is 11.8 Å². The van der Waals surface area contributed by atoms with Gasteiger partial charge in [-0.05, 0) is 36.4 Å². The van der Waals surface area contributed by atoms with Gasteiger partial charge < -0.3 is 16.0 Å². The van der Waals surface area contributed by atoms with E-state index in [2.05, 4.69) is 16.0 Å². The second kappa shape index (κ2) is 7.04. The zero-order valence-corrected chi connectivity index (χ0v) is 12.2. The van der Waals surface area contributed by atoms with Crippen LogP contribution < -0.4 is 16.0 Å². The van der Waals surface area contributed by atoms with Crippen molar-refractivity contribution < 1.29 is 14.0 Å². The molecule has 3 amide bonds. The monoisotopic (exact) mass is 312 g/mol. The number of amides is 3. The SMILES string of the molecule is CC(=O)Nc1cccc(NC(=O)Nc2ccc(F)cc2C#N)c1. The highest BCUT2D eigenvalue weighted by atomic mass is 19.1. The van der Waals surface area contributed by atoms with E-state index >= 15 is 0 Å². The van der Waals surface area contributed by atoms with Crippen molar-refractivity contribution in [1.82, 2.24) is 0 Å². The molecule has 0 aliphatic rings. The third kappa shape index (κ3) is 4.54. The number of hydrogen-bond acceptors (Lipinski definition) is 3. The molecule has 3 N–H and O–H groups in total. The number of hydrogen-bond donors (Lipinski definition) is 3. The second-order valence-corrected chi connectivity index (χ2v) is 4.64. The van der Waals surface area contributed by atoms with Crippen molar-refractivity contribution in [3.8, 4) is 6.07 Å². The lowest BCUT2D eigenvalue weighted by Gasteiger charge is -2.10. The molecule has 0 aromatic heterocycles. The summed E-state index contributed by atoms with van der Waals surface area (Å²) >= 11 is 0. The first-order valence-corrected chi connectivity index (χ1v) is 6.63. The van der Waals surface area contributed by atoms with Crippen LogP contribution in [0, 0.1) is 17.1 Å². The van der Waals surface area contributed by atoms with E-state index in [-0.39, 0.29) is 17.2 Å². The second-order valence-electron chi connectivity index (χ2n) is 4.64. The summed E-state index contributed by atoms with van der Waals surface area (Å²) in [4.78, 5) is 23.0. The van der Waals surface area contributed by atoms with Gasteiger partial charge in [0.1, 0.15) is 11.9 Å². The van der Waals surface area contributed by atoms with Gasteiger partial charge in [0.2, 0.25) is 5.91 Å². The molecule has 0 radical (unpaired) electrons. The molecule has 7 heteroatoms. The Morgan fingerprint density at radius 1 is 1.04 bits per heavy atom. The van der Waals surface area contributed by atoms with Crippen molar-refractivity contribution in [2.45, 2.75) is 6.92 Å². The van der Waals surface area contributed by atoms with E-state index in [1.165, 1.54) is 13.0 Å². The molecule has 0 aliphatic carbocycles. The summed E-state index contributed by atoms with van der Waals surface area (Å²) in [6.45, 7) is 1.38.